The first-order valence-electron chi connectivity index (χ1n) is 15.9. The number of sulfonamides is 1. The molecule has 1 fully saturated rings. The highest BCUT2D eigenvalue weighted by molar-refractivity contribution is 8.00. The van der Waals surface area contributed by atoms with Crippen LogP contribution in [0.2, 0.25) is 5.04 Å². The average Bonchev–Trinajstić information content (AvgIpc) is 3.04. The van der Waals surface area contributed by atoms with Crippen molar-refractivity contribution < 1.29 is 32.2 Å². The fraction of sp³-hybridized carbons (Fsp3) is 0.457. The molecule has 12 heteroatoms. The van der Waals surface area contributed by atoms with Gasteiger partial charge in [-0.05, 0) is 47.8 Å². The summed E-state index contributed by atoms with van der Waals surface area (Å²) in [6.07, 6.45) is -1.87. The molecular formula is C35H48N2O7S2Si. The summed E-state index contributed by atoms with van der Waals surface area (Å²) in [4.78, 5) is 12.3. The van der Waals surface area contributed by atoms with Gasteiger partial charge in [0.1, 0.15) is 12.3 Å². The number of thioether (sulfide) groups is 1. The number of rotatable bonds is 13. The van der Waals surface area contributed by atoms with Crippen molar-refractivity contribution in [2.45, 2.75) is 80.6 Å². The van der Waals surface area contributed by atoms with E-state index in [1.165, 1.54) is 23.2 Å². The molecule has 3 aromatic rings. The monoisotopic (exact) mass is 700 g/mol. The van der Waals surface area contributed by atoms with Gasteiger partial charge in [0.25, 0.3) is 8.32 Å². The number of aliphatic hydroxyl groups excluding tert-OH is 1. The van der Waals surface area contributed by atoms with E-state index >= 15 is 0 Å². The van der Waals surface area contributed by atoms with Gasteiger partial charge in [0, 0.05) is 18.1 Å². The van der Waals surface area contributed by atoms with Crippen molar-refractivity contribution in [3.63, 3.8) is 0 Å². The second-order valence-electron chi connectivity index (χ2n) is 12.8. The number of piperidine rings is 1. The molecule has 1 aliphatic rings. The number of carbonyl (C=O) groups excluding carboxylic acids is 1. The number of nitrogens with zero attached hydrogens (tertiary/aromatic N) is 1. The summed E-state index contributed by atoms with van der Waals surface area (Å²) in [5, 5.41) is 13.0. The maximum absolute atomic E-state index is 14.5. The largest absolute Gasteiger partial charge is 0.465 e. The molecule has 9 nitrogen and oxygen atoms in total. The first kappa shape index (κ1) is 37.3. The number of ether oxygens (including phenoxy) is 2. The van der Waals surface area contributed by atoms with Crippen LogP contribution < -0.4 is 16.1 Å². The van der Waals surface area contributed by atoms with Gasteiger partial charge in [0.15, 0.2) is 0 Å². The number of aryl methyl sites for hydroxylation is 1. The van der Waals surface area contributed by atoms with Crippen molar-refractivity contribution >= 4 is 46.4 Å². The Morgan fingerprint density at radius 3 is 2.06 bits per heavy atom. The fourth-order valence-corrected chi connectivity index (χ4v) is 14.1. The zero-order valence-electron chi connectivity index (χ0n) is 28.0. The number of carbonyl (C=O) groups is 1. The van der Waals surface area contributed by atoms with E-state index in [0.29, 0.717) is 0 Å². The van der Waals surface area contributed by atoms with E-state index in [0.717, 1.165) is 15.9 Å². The van der Waals surface area contributed by atoms with Crippen molar-refractivity contribution in [1.82, 2.24) is 4.31 Å². The van der Waals surface area contributed by atoms with Crippen LogP contribution in [0, 0.1) is 6.92 Å². The van der Waals surface area contributed by atoms with Crippen LogP contribution in [0.25, 0.3) is 0 Å². The first-order chi connectivity index (χ1) is 22.3. The Morgan fingerprint density at radius 1 is 1.02 bits per heavy atom. The van der Waals surface area contributed by atoms with Crippen molar-refractivity contribution in [3.05, 3.63) is 90.5 Å². The Balaban J connectivity index is 1.79. The van der Waals surface area contributed by atoms with Crippen molar-refractivity contribution in [3.8, 4) is 0 Å². The number of hydrogen-bond donors (Lipinski definition) is 2. The van der Waals surface area contributed by atoms with Gasteiger partial charge in [-0.3, -0.25) is 4.79 Å². The summed E-state index contributed by atoms with van der Waals surface area (Å²) in [6, 6.07) is 24.9. The molecule has 3 N–H and O–H groups in total. The number of methoxy groups -OCH3 is 1. The van der Waals surface area contributed by atoms with Gasteiger partial charge < -0.3 is 24.7 Å². The lowest BCUT2D eigenvalue weighted by Gasteiger charge is -2.49. The quantitative estimate of drug-likeness (QED) is 0.203. The zero-order chi connectivity index (χ0) is 34.4. The Kier molecular flexibility index (Phi) is 12.5. The lowest BCUT2D eigenvalue weighted by Crippen LogP contribution is -2.69. The van der Waals surface area contributed by atoms with Crippen LogP contribution in [-0.2, 0) is 28.7 Å². The van der Waals surface area contributed by atoms with Crippen molar-refractivity contribution in [1.29, 1.82) is 0 Å². The van der Waals surface area contributed by atoms with E-state index in [-0.39, 0.29) is 35.3 Å². The Morgan fingerprint density at radius 2 is 1.57 bits per heavy atom. The lowest BCUT2D eigenvalue weighted by atomic mass is 10.0. The Hall–Kier alpha value is -2.55. The van der Waals surface area contributed by atoms with E-state index in [4.69, 9.17) is 19.6 Å². The minimum atomic E-state index is -4.20. The van der Waals surface area contributed by atoms with Gasteiger partial charge in [-0.25, -0.2) is 8.42 Å². The molecule has 1 unspecified atom stereocenters. The first-order valence-corrected chi connectivity index (χ1v) is 20.3. The molecule has 0 aromatic heterocycles. The van der Waals surface area contributed by atoms with Crippen LogP contribution in [0.5, 0.6) is 0 Å². The summed E-state index contributed by atoms with van der Waals surface area (Å²) in [7, 11) is -5.83. The smallest absolute Gasteiger partial charge is 0.323 e. The molecule has 1 heterocycles. The van der Waals surface area contributed by atoms with Crippen LogP contribution in [0.4, 0.5) is 0 Å². The summed E-state index contributed by atoms with van der Waals surface area (Å²) in [5.74, 6) is -0.372. The highest BCUT2D eigenvalue weighted by Gasteiger charge is 2.54. The normalized spacial score (nSPS) is 21.7. The van der Waals surface area contributed by atoms with Crippen LogP contribution in [0.3, 0.4) is 0 Å². The maximum Gasteiger partial charge on any atom is 0.323 e. The SMILES string of the molecule is CCOC(=O)C(N)CS[C@H]1C[C@@H](O)[C@H](CO[Si](c2ccccc2)(c2ccccc2)C(C)(C)C)N(S(=O)(=O)c2ccc(C)cc2)[C@@H]1OC. The topological polar surface area (TPSA) is 128 Å². The minimum absolute atomic E-state index is 0.0703. The zero-order valence-corrected chi connectivity index (χ0v) is 30.7. The molecule has 0 spiro atoms. The Labute approximate surface area is 285 Å². The molecule has 5 atom stereocenters. The number of hydrogen-bond acceptors (Lipinski definition) is 9. The van der Waals surface area contributed by atoms with E-state index in [1.54, 1.807) is 31.2 Å². The van der Waals surface area contributed by atoms with Gasteiger partial charge in [0.2, 0.25) is 10.0 Å². The van der Waals surface area contributed by atoms with Crippen molar-refractivity contribution in [2.24, 2.45) is 5.73 Å². The summed E-state index contributed by atoms with van der Waals surface area (Å²) >= 11 is 1.29. The lowest BCUT2D eigenvalue weighted by molar-refractivity contribution is -0.144. The highest BCUT2D eigenvalue weighted by atomic mass is 32.2. The molecule has 1 aliphatic heterocycles. The molecule has 0 aliphatic carbocycles. The third-order valence-corrected chi connectivity index (χ3v) is 16.9. The van der Waals surface area contributed by atoms with Gasteiger partial charge in [-0.2, -0.15) is 16.1 Å². The number of esters is 1. The molecule has 47 heavy (non-hydrogen) atoms. The molecule has 0 radical (unpaired) electrons. The number of aliphatic hydroxyl groups is 1. The molecule has 0 bridgehead atoms. The van der Waals surface area contributed by atoms with E-state index in [1.807, 2.05) is 43.3 Å². The predicted octanol–water partition coefficient (Wildman–Crippen LogP) is 3.66. The molecular weight excluding hydrogens is 653 g/mol. The Bertz CT molecular complexity index is 1510. The van der Waals surface area contributed by atoms with Gasteiger partial charge in [-0.15, -0.1) is 0 Å². The molecule has 256 valence electrons. The molecule has 1 saturated heterocycles. The van der Waals surface area contributed by atoms with E-state index < -0.39 is 54.0 Å². The summed E-state index contributed by atoms with van der Waals surface area (Å²) in [6.45, 7) is 10.2. The third kappa shape index (κ3) is 8.02. The maximum atomic E-state index is 14.5. The van der Waals surface area contributed by atoms with E-state index in [2.05, 4.69) is 45.0 Å². The number of benzene rings is 3. The average molecular weight is 701 g/mol. The summed E-state index contributed by atoms with van der Waals surface area (Å²) < 4.78 is 48.5. The van der Waals surface area contributed by atoms with E-state index in [9.17, 15) is 18.3 Å². The standard InChI is InChI=1S/C35H48N2O7S2Si/c1-7-43-34(39)29(36)24-45-32-22-31(38)30(37(33(32)42-6)46(40,41)26-20-18-25(2)19-21-26)23-44-47(35(3,4)5,27-14-10-8-11-15-27)28-16-12-9-13-17-28/h8-21,29-33,38H,7,22-24,36H2,1-6H3/t29?,30-,31+,32-,33+/m0/s1. The van der Waals surface area contributed by atoms with Crippen LogP contribution in [0.15, 0.2) is 89.8 Å². The van der Waals surface area contributed by atoms with Crippen LogP contribution in [-0.4, -0.2) is 87.9 Å². The van der Waals surface area contributed by atoms with Crippen LogP contribution >= 0.6 is 11.8 Å². The molecule has 3 aromatic carbocycles. The van der Waals surface area contributed by atoms with Gasteiger partial charge >= 0.3 is 5.97 Å². The van der Waals surface area contributed by atoms with Crippen molar-refractivity contribution in [2.75, 3.05) is 26.1 Å². The minimum Gasteiger partial charge on any atom is -0.465 e. The highest BCUT2D eigenvalue weighted by Crippen LogP contribution is 2.40. The second-order valence-corrected chi connectivity index (χ2v) is 20.3. The predicted molar refractivity (Wildman–Crippen MR) is 190 cm³/mol. The van der Waals surface area contributed by atoms with Gasteiger partial charge in [-0.1, -0.05) is 99.1 Å². The molecule has 0 amide bonds. The summed E-state index contributed by atoms with van der Waals surface area (Å²) in [5.41, 5.74) is 7.01. The third-order valence-electron chi connectivity index (χ3n) is 8.62. The van der Waals surface area contributed by atoms with Crippen LogP contribution in [0.1, 0.15) is 39.7 Å². The fourth-order valence-electron chi connectivity index (χ4n) is 6.29. The van der Waals surface area contributed by atoms with Gasteiger partial charge in [0.05, 0.1) is 30.3 Å². The number of nitrogens with two attached hydrogens (primary N) is 1. The molecule has 0 saturated carbocycles. The second kappa shape index (κ2) is 15.8. The molecule has 4 rings (SSSR count).